The first kappa shape index (κ1) is 27.4. The number of unbranched alkanes of at least 4 members (excludes halogenated alkanes) is 1. The van der Waals surface area contributed by atoms with Crippen LogP contribution < -0.4 is 10.6 Å². The molecule has 0 aliphatic rings. The summed E-state index contributed by atoms with van der Waals surface area (Å²) in [6.07, 6.45) is 5.99. The smallest absolute Gasteiger partial charge is 0.135 e. The maximum absolute atomic E-state index is 6.47. The second-order valence-corrected chi connectivity index (χ2v) is 9.37. The molecule has 0 saturated carbocycles. The van der Waals surface area contributed by atoms with Crippen molar-refractivity contribution < 1.29 is 0 Å². The summed E-state index contributed by atoms with van der Waals surface area (Å²) in [6.45, 7) is 12.2. The molecule has 0 atom stereocenters. The fraction of sp³-hybridized carbons (Fsp3) is 0.290. The number of nitrogens with one attached hydrogen (secondary N) is 2. The molecule has 3 rings (SSSR count). The van der Waals surface area contributed by atoms with Gasteiger partial charge in [-0.1, -0.05) is 67.4 Å². The molecule has 0 spiro atoms. The van der Waals surface area contributed by atoms with E-state index in [9.17, 15) is 0 Å². The van der Waals surface area contributed by atoms with Crippen LogP contribution in [0, 0.1) is 13.8 Å². The highest BCUT2D eigenvalue weighted by Crippen LogP contribution is 2.30. The number of rotatable bonds is 10. The predicted molar refractivity (Wildman–Crippen MR) is 158 cm³/mol. The number of hydrogen-bond donors (Lipinski definition) is 2. The summed E-state index contributed by atoms with van der Waals surface area (Å²) in [7, 11) is 0. The maximum atomic E-state index is 6.47. The van der Waals surface area contributed by atoms with E-state index in [-0.39, 0.29) is 0 Å². The van der Waals surface area contributed by atoms with E-state index >= 15 is 0 Å². The molecule has 3 aromatic carbocycles. The van der Waals surface area contributed by atoms with Crippen LogP contribution >= 0.6 is 11.6 Å². The van der Waals surface area contributed by atoms with Crippen molar-refractivity contribution in [1.29, 1.82) is 0 Å². The second kappa shape index (κ2) is 13.8. The lowest BCUT2D eigenvalue weighted by atomic mass is 10.0. The van der Waals surface area contributed by atoms with Gasteiger partial charge in [0.15, 0.2) is 0 Å². The standard InChI is InChI=1S/C31H37ClN4/c1-6-8-18-34-21-25-12-14-26(15-13-25)27-16-17-29(23(4)19-27)35-31(24(5)20-33-7-2)36-30-22(3)10-9-11-28(30)32/h7,9-17,19-20,34H,6,8,18,21H2,1-5H3,(H,35,36)/b24-20+,33-7?. The molecule has 2 N–H and O–H groups in total. The molecule has 0 aromatic heterocycles. The molecule has 5 heteroatoms. The summed E-state index contributed by atoms with van der Waals surface area (Å²) in [4.78, 5) is 9.19. The van der Waals surface area contributed by atoms with Gasteiger partial charge in [-0.05, 0) is 86.7 Å². The van der Waals surface area contributed by atoms with Gasteiger partial charge >= 0.3 is 0 Å². The molecule has 3 aromatic rings. The van der Waals surface area contributed by atoms with E-state index in [1.165, 1.54) is 29.5 Å². The van der Waals surface area contributed by atoms with Crippen molar-refractivity contribution in [1.82, 2.24) is 5.32 Å². The summed E-state index contributed by atoms with van der Waals surface area (Å²) >= 11 is 6.47. The van der Waals surface area contributed by atoms with Crippen LogP contribution in [-0.2, 0) is 6.54 Å². The number of aryl methyl sites for hydroxylation is 2. The zero-order chi connectivity index (χ0) is 25.9. The average molecular weight is 501 g/mol. The first-order valence-corrected chi connectivity index (χ1v) is 13.0. The van der Waals surface area contributed by atoms with Crippen LogP contribution in [0.1, 0.15) is 50.3 Å². The molecule has 0 unspecified atom stereocenters. The number of aliphatic imine (C=N–C) groups is 2. The third-order valence-electron chi connectivity index (χ3n) is 6.01. The van der Waals surface area contributed by atoms with Gasteiger partial charge in [-0.25, -0.2) is 4.99 Å². The Balaban J connectivity index is 1.84. The lowest BCUT2D eigenvalue weighted by Crippen LogP contribution is -2.14. The summed E-state index contributed by atoms with van der Waals surface area (Å²) in [5.41, 5.74) is 8.51. The molecule has 4 nitrogen and oxygen atoms in total. The number of para-hydroxylation sites is 1. The topological polar surface area (TPSA) is 48.8 Å². The normalized spacial score (nSPS) is 12.4. The van der Waals surface area contributed by atoms with Crippen molar-refractivity contribution in [2.75, 3.05) is 11.9 Å². The van der Waals surface area contributed by atoms with Gasteiger partial charge in [-0.15, -0.1) is 0 Å². The number of nitrogens with zero attached hydrogens (tertiary/aromatic N) is 2. The monoisotopic (exact) mass is 500 g/mol. The second-order valence-electron chi connectivity index (χ2n) is 8.97. The summed E-state index contributed by atoms with van der Waals surface area (Å²) in [5, 5.41) is 7.64. The third-order valence-corrected chi connectivity index (χ3v) is 6.31. The molecule has 0 aliphatic carbocycles. The first-order chi connectivity index (χ1) is 17.4. The highest BCUT2D eigenvalue weighted by molar-refractivity contribution is 6.33. The van der Waals surface area contributed by atoms with Gasteiger partial charge in [-0.2, -0.15) is 0 Å². The Kier molecular flexibility index (Phi) is 10.5. The zero-order valence-corrected chi connectivity index (χ0v) is 22.8. The van der Waals surface area contributed by atoms with Crippen LogP contribution in [0.2, 0.25) is 5.02 Å². The summed E-state index contributed by atoms with van der Waals surface area (Å²) < 4.78 is 0. The van der Waals surface area contributed by atoms with Crippen LogP contribution in [0.15, 0.2) is 82.4 Å². The van der Waals surface area contributed by atoms with Crippen LogP contribution in [0.25, 0.3) is 11.1 Å². The minimum absolute atomic E-state index is 0.622. The molecular formula is C31H37ClN4. The van der Waals surface area contributed by atoms with Crippen molar-refractivity contribution in [2.24, 2.45) is 9.98 Å². The third kappa shape index (κ3) is 7.64. The van der Waals surface area contributed by atoms with Gasteiger partial charge in [0.05, 0.1) is 10.7 Å². The van der Waals surface area contributed by atoms with E-state index < -0.39 is 0 Å². The lowest BCUT2D eigenvalue weighted by molar-refractivity contribution is 0.641. The minimum atomic E-state index is 0.622. The number of anilines is 1. The first-order valence-electron chi connectivity index (χ1n) is 12.6. The van der Waals surface area contributed by atoms with Gasteiger partial charge < -0.3 is 10.6 Å². The van der Waals surface area contributed by atoms with Gasteiger partial charge in [0.2, 0.25) is 0 Å². The van der Waals surface area contributed by atoms with Crippen molar-refractivity contribution in [3.05, 3.63) is 94.1 Å². The Morgan fingerprint density at radius 1 is 0.972 bits per heavy atom. The predicted octanol–water partition coefficient (Wildman–Crippen LogP) is 8.65. The molecule has 0 amide bonds. The van der Waals surface area contributed by atoms with E-state index in [4.69, 9.17) is 16.6 Å². The van der Waals surface area contributed by atoms with Gasteiger partial charge in [0.1, 0.15) is 5.84 Å². The molecule has 0 heterocycles. The van der Waals surface area contributed by atoms with Gasteiger partial charge in [0.25, 0.3) is 0 Å². The maximum Gasteiger partial charge on any atom is 0.135 e. The van der Waals surface area contributed by atoms with Crippen molar-refractivity contribution in [3.8, 4) is 11.1 Å². The number of halogens is 1. The molecule has 0 fully saturated rings. The number of benzene rings is 3. The molecule has 188 valence electrons. The van der Waals surface area contributed by atoms with E-state index in [0.29, 0.717) is 10.9 Å². The number of hydrogen-bond acceptors (Lipinski definition) is 3. The fourth-order valence-electron chi connectivity index (χ4n) is 3.80. The van der Waals surface area contributed by atoms with Gasteiger partial charge in [0, 0.05) is 30.2 Å². The molecule has 0 bridgehead atoms. The highest BCUT2D eigenvalue weighted by atomic mass is 35.5. The Hall–Kier alpha value is -3.21. The molecular weight excluding hydrogens is 464 g/mol. The molecule has 0 aliphatic heterocycles. The average Bonchev–Trinajstić information content (AvgIpc) is 2.88. The van der Waals surface area contributed by atoms with Crippen molar-refractivity contribution >= 4 is 35.0 Å². The largest absolute Gasteiger partial charge is 0.340 e. The Morgan fingerprint density at radius 3 is 2.39 bits per heavy atom. The Labute approximate surface area is 221 Å². The van der Waals surface area contributed by atoms with Gasteiger partial charge in [-0.3, -0.25) is 4.99 Å². The van der Waals surface area contributed by atoms with E-state index in [0.717, 1.165) is 41.2 Å². The minimum Gasteiger partial charge on any atom is -0.340 e. The van der Waals surface area contributed by atoms with Crippen LogP contribution in [0.5, 0.6) is 0 Å². The van der Waals surface area contributed by atoms with E-state index in [1.807, 2.05) is 39.0 Å². The molecule has 36 heavy (non-hydrogen) atoms. The summed E-state index contributed by atoms with van der Waals surface area (Å²) in [6, 6.07) is 21.1. The SMILES string of the molecule is CC=N/C=C(\C)C(=Nc1c(C)cccc1Cl)Nc1ccc(-c2ccc(CNCCCC)cc2)cc1C. The quantitative estimate of drug-likeness (QED) is 0.166. The van der Waals surface area contributed by atoms with E-state index in [1.54, 1.807) is 12.4 Å². The van der Waals surface area contributed by atoms with Crippen LogP contribution in [0.4, 0.5) is 11.4 Å². The lowest BCUT2D eigenvalue weighted by Gasteiger charge is -2.15. The summed E-state index contributed by atoms with van der Waals surface area (Å²) in [5.74, 6) is 0.715. The van der Waals surface area contributed by atoms with Crippen molar-refractivity contribution in [3.63, 3.8) is 0 Å². The Morgan fingerprint density at radius 2 is 1.72 bits per heavy atom. The van der Waals surface area contributed by atoms with Crippen molar-refractivity contribution in [2.45, 2.75) is 54.0 Å². The number of amidine groups is 1. The van der Waals surface area contributed by atoms with Crippen LogP contribution in [0.3, 0.4) is 0 Å². The molecule has 0 radical (unpaired) electrons. The molecule has 0 saturated heterocycles. The van der Waals surface area contributed by atoms with Crippen LogP contribution in [-0.4, -0.2) is 18.6 Å². The zero-order valence-electron chi connectivity index (χ0n) is 22.0. The van der Waals surface area contributed by atoms with E-state index in [2.05, 4.69) is 71.9 Å². The Bertz CT molecular complexity index is 1220. The highest BCUT2D eigenvalue weighted by Gasteiger charge is 2.10. The fourth-order valence-corrected chi connectivity index (χ4v) is 4.06.